The summed E-state index contributed by atoms with van der Waals surface area (Å²) in [4.78, 5) is 23.9. The Hall–Kier alpha value is -1.40. The molecular formula is C13H15NO3S2. The number of thiophene rings is 2. The normalized spacial score (nSPS) is 13.4. The van der Waals surface area contributed by atoms with E-state index >= 15 is 0 Å². The number of carboxylic acid groups (broad SMARTS) is 1. The van der Waals surface area contributed by atoms with Crippen LogP contribution in [0.15, 0.2) is 17.5 Å². The Morgan fingerprint density at radius 3 is 2.53 bits per heavy atom. The molecule has 0 bridgehead atoms. The number of nitrogens with one attached hydrogen (secondary N) is 1. The van der Waals surface area contributed by atoms with Gasteiger partial charge in [-0.2, -0.15) is 0 Å². The van der Waals surface area contributed by atoms with Crippen molar-refractivity contribution in [2.24, 2.45) is 5.41 Å². The van der Waals surface area contributed by atoms with E-state index in [1.807, 2.05) is 17.5 Å². The molecule has 0 aliphatic rings. The standard InChI is InChI=1S/C13H15NO3S2/c1-13(2,3)10(12(16)17)14-11(15)9-6-8-7(19-9)4-5-18-8/h4-6,10H,1-3H3,(H,14,15)(H,16,17)/t10-/m0/s1. The number of rotatable bonds is 3. The number of aliphatic carboxylic acids is 1. The van der Waals surface area contributed by atoms with Crippen molar-refractivity contribution >= 4 is 43.9 Å². The van der Waals surface area contributed by atoms with Crippen LogP contribution in [-0.2, 0) is 4.79 Å². The highest BCUT2D eigenvalue weighted by Crippen LogP contribution is 2.30. The lowest BCUT2D eigenvalue weighted by Crippen LogP contribution is -2.48. The molecule has 19 heavy (non-hydrogen) atoms. The number of carbonyl (C=O) groups is 2. The highest BCUT2D eigenvalue weighted by atomic mass is 32.1. The van der Waals surface area contributed by atoms with E-state index in [2.05, 4.69) is 5.32 Å². The summed E-state index contributed by atoms with van der Waals surface area (Å²) in [5, 5.41) is 13.8. The van der Waals surface area contributed by atoms with Crippen molar-refractivity contribution in [3.05, 3.63) is 22.4 Å². The molecule has 1 atom stereocenters. The maximum Gasteiger partial charge on any atom is 0.326 e. The lowest BCUT2D eigenvalue weighted by atomic mass is 9.87. The fourth-order valence-corrected chi connectivity index (χ4v) is 3.74. The van der Waals surface area contributed by atoms with E-state index in [0.29, 0.717) is 4.88 Å². The van der Waals surface area contributed by atoms with Crippen LogP contribution in [0.25, 0.3) is 9.40 Å². The first-order chi connectivity index (χ1) is 8.79. The smallest absolute Gasteiger partial charge is 0.326 e. The molecule has 0 aliphatic carbocycles. The molecule has 2 heterocycles. The molecule has 0 spiro atoms. The Bertz CT molecular complexity index is 593. The number of carboxylic acids is 1. The molecule has 6 heteroatoms. The third kappa shape index (κ3) is 2.96. The summed E-state index contributed by atoms with van der Waals surface area (Å²) in [6, 6.07) is 2.86. The molecule has 102 valence electrons. The van der Waals surface area contributed by atoms with Crippen LogP contribution in [0.3, 0.4) is 0 Å². The van der Waals surface area contributed by atoms with E-state index in [9.17, 15) is 14.7 Å². The third-order valence-corrected chi connectivity index (χ3v) is 4.84. The maximum absolute atomic E-state index is 12.1. The molecule has 0 fully saturated rings. The largest absolute Gasteiger partial charge is 0.480 e. The molecule has 0 unspecified atom stereocenters. The van der Waals surface area contributed by atoms with Crippen LogP contribution in [0.4, 0.5) is 0 Å². The van der Waals surface area contributed by atoms with Crippen molar-refractivity contribution in [1.29, 1.82) is 0 Å². The minimum absolute atomic E-state index is 0.323. The SMILES string of the molecule is CC(C)(C)[C@@H](NC(=O)c1cc2sccc2s1)C(=O)O. The van der Waals surface area contributed by atoms with Crippen molar-refractivity contribution in [3.63, 3.8) is 0 Å². The number of amides is 1. The first-order valence-electron chi connectivity index (χ1n) is 5.80. The molecular weight excluding hydrogens is 282 g/mol. The van der Waals surface area contributed by atoms with E-state index < -0.39 is 17.4 Å². The van der Waals surface area contributed by atoms with Gasteiger partial charge in [0.25, 0.3) is 5.91 Å². The highest BCUT2D eigenvalue weighted by Gasteiger charge is 2.33. The van der Waals surface area contributed by atoms with Crippen molar-refractivity contribution in [2.45, 2.75) is 26.8 Å². The summed E-state index contributed by atoms with van der Waals surface area (Å²) in [5.74, 6) is -1.34. The average molecular weight is 297 g/mol. The summed E-state index contributed by atoms with van der Waals surface area (Å²) < 4.78 is 2.11. The van der Waals surface area contributed by atoms with Crippen LogP contribution in [0.2, 0.25) is 0 Å². The van der Waals surface area contributed by atoms with Crippen LogP contribution in [0.5, 0.6) is 0 Å². The number of hydrogen-bond acceptors (Lipinski definition) is 4. The molecule has 2 rings (SSSR count). The second-order valence-corrected chi connectivity index (χ2v) is 7.40. The van der Waals surface area contributed by atoms with Gasteiger partial charge in [-0.05, 0) is 22.9 Å². The maximum atomic E-state index is 12.1. The van der Waals surface area contributed by atoms with Crippen molar-refractivity contribution in [3.8, 4) is 0 Å². The predicted octanol–water partition coefficient (Wildman–Crippen LogP) is 3.19. The van der Waals surface area contributed by atoms with Crippen LogP contribution in [0, 0.1) is 5.41 Å². The van der Waals surface area contributed by atoms with Gasteiger partial charge in [0.2, 0.25) is 0 Å². The van der Waals surface area contributed by atoms with Gasteiger partial charge >= 0.3 is 5.97 Å². The van der Waals surface area contributed by atoms with E-state index in [1.165, 1.54) is 11.3 Å². The van der Waals surface area contributed by atoms with Crippen LogP contribution >= 0.6 is 22.7 Å². The fourth-order valence-electron chi connectivity index (χ4n) is 1.73. The van der Waals surface area contributed by atoms with Gasteiger partial charge in [-0.1, -0.05) is 20.8 Å². The monoisotopic (exact) mass is 297 g/mol. The van der Waals surface area contributed by atoms with Crippen molar-refractivity contribution in [2.75, 3.05) is 0 Å². The lowest BCUT2D eigenvalue weighted by Gasteiger charge is -2.27. The van der Waals surface area contributed by atoms with E-state index in [4.69, 9.17) is 0 Å². The summed E-state index contributed by atoms with van der Waals surface area (Å²) in [6.45, 7) is 5.37. The Balaban J connectivity index is 2.20. The zero-order valence-electron chi connectivity index (χ0n) is 10.9. The van der Waals surface area contributed by atoms with Gasteiger partial charge in [0.05, 0.1) is 4.88 Å². The van der Waals surface area contributed by atoms with Crippen molar-refractivity contribution < 1.29 is 14.7 Å². The molecule has 0 saturated heterocycles. The zero-order chi connectivity index (χ0) is 14.2. The van der Waals surface area contributed by atoms with Gasteiger partial charge in [-0.15, -0.1) is 22.7 Å². The van der Waals surface area contributed by atoms with Gasteiger partial charge in [0.1, 0.15) is 6.04 Å². The first kappa shape index (κ1) is 14.0. The molecule has 4 nitrogen and oxygen atoms in total. The molecule has 2 N–H and O–H groups in total. The molecule has 0 radical (unpaired) electrons. The first-order valence-corrected chi connectivity index (χ1v) is 7.49. The molecule has 2 aromatic rings. The van der Waals surface area contributed by atoms with Gasteiger partial charge in [-0.3, -0.25) is 4.79 Å². The Labute approximate surface area is 119 Å². The third-order valence-electron chi connectivity index (χ3n) is 2.75. The van der Waals surface area contributed by atoms with E-state index in [1.54, 1.807) is 32.1 Å². The predicted molar refractivity (Wildman–Crippen MR) is 78.0 cm³/mol. The number of hydrogen-bond donors (Lipinski definition) is 2. The Kier molecular flexibility index (Phi) is 3.64. The van der Waals surface area contributed by atoms with Crippen molar-refractivity contribution in [1.82, 2.24) is 5.32 Å². The number of carbonyl (C=O) groups excluding carboxylic acids is 1. The molecule has 2 aromatic heterocycles. The lowest BCUT2D eigenvalue weighted by molar-refractivity contribution is -0.142. The molecule has 1 amide bonds. The fraction of sp³-hybridized carbons (Fsp3) is 0.385. The second kappa shape index (κ2) is 4.94. The Morgan fingerprint density at radius 2 is 2.00 bits per heavy atom. The van der Waals surface area contributed by atoms with Crippen LogP contribution < -0.4 is 5.32 Å². The van der Waals surface area contributed by atoms with Gasteiger partial charge in [0, 0.05) is 9.40 Å². The van der Waals surface area contributed by atoms with Crippen LogP contribution in [-0.4, -0.2) is 23.0 Å². The quantitative estimate of drug-likeness (QED) is 0.914. The summed E-state index contributed by atoms with van der Waals surface area (Å²) >= 11 is 2.95. The van der Waals surface area contributed by atoms with E-state index in [-0.39, 0.29) is 5.91 Å². The average Bonchev–Trinajstić information content (AvgIpc) is 2.82. The second-order valence-electron chi connectivity index (χ2n) is 5.37. The molecule has 0 aliphatic heterocycles. The number of fused-ring (bicyclic) bond motifs is 1. The summed E-state index contributed by atoms with van der Waals surface area (Å²) in [7, 11) is 0. The summed E-state index contributed by atoms with van der Waals surface area (Å²) in [5.41, 5.74) is -0.532. The molecule has 0 saturated carbocycles. The van der Waals surface area contributed by atoms with Gasteiger partial charge in [-0.25, -0.2) is 4.79 Å². The van der Waals surface area contributed by atoms with Gasteiger partial charge in [0.15, 0.2) is 0 Å². The zero-order valence-corrected chi connectivity index (χ0v) is 12.5. The van der Waals surface area contributed by atoms with Crippen LogP contribution in [0.1, 0.15) is 30.4 Å². The van der Waals surface area contributed by atoms with E-state index in [0.717, 1.165) is 9.40 Å². The topological polar surface area (TPSA) is 66.4 Å². The molecule has 0 aromatic carbocycles. The summed E-state index contributed by atoms with van der Waals surface area (Å²) in [6.07, 6.45) is 0. The minimum Gasteiger partial charge on any atom is -0.480 e. The highest BCUT2D eigenvalue weighted by molar-refractivity contribution is 7.27. The Morgan fingerprint density at radius 1 is 1.32 bits per heavy atom. The minimum atomic E-state index is -1.01. The van der Waals surface area contributed by atoms with Gasteiger partial charge < -0.3 is 10.4 Å².